The molecule has 6 nitrogen and oxygen atoms in total. The van der Waals surface area contributed by atoms with Crippen molar-refractivity contribution in [1.29, 1.82) is 0 Å². The number of hydrogen-bond donors (Lipinski definition) is 0. The van der Waals surface area contributed by atoms with Crippen LogP contribution in [0.4, 0.5) is 18.0 Å². The van der Waals surface area contributed by atoms with Crippen LogP contribution in [0.2, 0.25) is 0 Å². The van der Waals surface area contributed by atoms with Crippen LogP contribution in [0.15, 0.2) is 6.07 Å². The van der Waals surface area contributed by atoms with Gasteiger partial charge < -0.3 is 9.64 Å². The number of aromatic nitrogens is 3. The van der Waals surface area contributed by atoms with Crippen LogP contribution in [0, 0.1) is 12.8 Å². The number of carbonyl (C=O) groups is 1. The molecule has 194 valence electrons. The lowest BCUT2D eigenvalue weighted by Gasteiger charge is -2.35. The molecular formula is C26H37F3N4O2. The van der Waals surface area contributed by atoms with Crippen LogP contribution >= 0.6 is 0 Å². The zero-order valence-corrected chi connectivity index (χ0v) is 21.4. The third kappa shape index (κ3) is 5.59. The van der Waals surface area contributed by atoms with Crippen molar-refractivity contribution < 1.29 is 22.7 Å². The Morgan fingerprint density at radius 2 is 1.80 bits per heavy atom. The fourth-order valence-electron chi connectivity index (χ4n) is 5.66. The molecule has 0 radical (unpaired) electrons. The van der Waals surface area contributed by atoms with Crippen LogP contribution in [0.1, 0.15) is 101 Å². The number of piperidine rings is 1. The van der Waals surface area contributed by atoms with Gasteiger partial charge in [0.2, 0.25) is 0 Å². The van der Waals surface area contributed by atoms with Gasteiger partial charge in [-0.25, -0.2) is 14.3 Å². The molecule has 1 atom stereocenters. The largest absolute Gasteiger partial charge is 0.444 e. The van der Waals surface area contributed by atoms with E-state index in [9.17, 15) is 18.0 Å². The van der Waals surface area contributed by atoms with E-state index >= 15 is 0 Å². The molecule has 1 aliphatic carbocycles. The molecular weight excluding hydrogens is 457 g/mol. The SMILES string of the molecule is CCc1c(C)nc2cc(C3CCC(C(F)(F)F)CC3)nn2c1[C@H]1CCCN(C(=O)OC(C)(C)C)C1. The number of nitrogens with zero attached hydrogens (tertiary/aromatic N) is 4. The molecule has 1 saturated carbocycles. The summed E-state index contributed by atoms with van der Waals surface area (Å²) >= 11 is 0. The van der Waals surface area contributed by atoms with Crippen molar-refractivity contribution in [3.05, 3.63) is 28.7 Å². The van der Waals surface area contributed by atoms with E-state index in [0.717, 1.165) is 47.6 Å². The van der Waals surface area contributed by atoms with Gasteiger partial charge in [-0.3, -0.25) is 0 Å². The molecule has 9 heteroatoms. The second-order valence-electron chi connectivity index (χ2n) is 11.1. The Morgan fingerprint density at radius 1 is 1.11 bits per heavy atom. The average molecular weight is 495 g/mol. The summed E-state index contributed by atoms with van der Waals surface area (Å²) in [6.45, 7) is 10.9. The van der Waals surface area contributed by atoms with Crippen molar-refractivity contribution >= 4 is 11.7 Å². The molecule has 1 saturated heterocycles. The van der Waals surface area contributed by atoms with Crippen LogP contribution in [0.5, 0.6) is 0 Å². The lowest BCUT2D eigenvalue weighted by molar-refractivity contribution is -0.182. The maximum atomic E-state index is 13.1. The Hall–Kier alpha value is -2.32. The first-order valence-electron chi connectivity index (χ1n) is 12.8. The number of fused-ring (bicyclic) bond motifs is 1. The first kappa shape index (κ1) is 25.8. The van der Waals surface area contributed by atoms with Gasteiger partial charge in [-0.05, 0) is 78.2 Å². The molecule has 2 fully saturated rings. The Bertz CT molecular complexity index is 1070. The van der Waals surface area contributed by atoms with E-state index in [1.807, 2.05) is 38.3 Å². The molecule has 0 bridgehead atoms. The highest BCUT2D eigenvalue weighted by Crippen LogP contribution is 2.43. The summed E-state index contributed by atoms with van der Waals surface area (Å²) in [6.07, 6.45) is -0.569. The molecule has 1 amide bonds. The highest BCUT2D eigenvalue weighted by molar-refractivity contribution is 5.68. The second kappa shape index (κ2) is 9.62. The highest BCUT2D eigenvalue weighted by atomic mass is 19.4. The maximum Gasteiger partial charge on any atom is 0.410 e. The summed E-state index contributed by atoms with van der Waals surface area (Å²) in [5.41, 5.74) is 4.14. The number of amides is 1. The minimum Gasteiger partial charge on any atom is -0.444 e. The van der Waals surface area contributed by atoms with Gasteiger partial charge in [0.25, 0.3) is 0 Å². The molecule has 0 spiro atoms. The van der Waals surface area contributed by atoms with Gasteiger partial charge >= 0.3 is 12.3 Å². The molecule has 0 unspecified atom stereocenters. The Balaban J connectivity index is 1.63. The molecule has 2 aliphatic rings. The lowest BCUT2D eigenvalue weighted by Crippen LogP contribution is -2.42. The lowest BCUT2D eigenvalue weighted by atomic mass is 9.80. The van der Waals surface area contributed by atoms with E-state index in [1.165, 1.54) is 0 Å². The number of rotatable bonds is 3. The summed E-state index contributed by atoms with van der Waals surface area (Å²) in [4.78, 5) is 19.3. The second-order valence-corrected chi connectivity index (χ2v) is 11.1. The number of likely N-dealkylation sites (tertiary alicyclic amines) is 1. The van der Waals surface area contributed by atoms with Crippen molar-refractivity contribution in [3.8, 4) is 0 Å². The summed E-state index contributed by atoms with van der Waals surface area (Å²) in [5.74, 6) is -1.11. The summed E-state index contributed by atoms with van der Waals surface area (Å²) in [7, 11) is 0. The van der Waals surface area contributed by atoms with Gasteiger partial charge in [-0.2, -0.15) is 18.3 Å². The molecule has 35 heavy (non-hydrogen) atoms. The Labute approximate surface area is 205 Å². The number of alkyl halides is 3. The third-order valence-corrected chi connectivity index (χ3v) is 7.39. The van der Waals surface area contributed by atoms with Gasteiger partial charge in [0.1, 0.15) is 5.60 Å². The predicted octanol–water partition coefficient (Wildman–Crippen LogP) is 6.55. The van der Waals surface area contributed by atoms with Crippen LogP contribution in [0.3, 0.4) is 0 Å². The standard InChI is InChI=1S/C26H37F3N4O2/c1-6-20-16(2)30-22-14-21(17-9-11-19(12-10-17)26(27,28)29)31-33(22)23(20)18-8-7-13-32(15-18)24(34)35-25(3,4)5/h14,17-19H,6-13,15H2,1-5H3/t17?,18-,19?/m0/s1. The number of halogens is 3. The first-order valence-corrected chi connectivity index (χ1v) is 12.8. The molecule has 4 rings (SSSR count). The number of carbonyl (C=O) groups excluding carboxylic acids is 1. The van der Waals surface area contributed by atoms with Crippen molar-refractivity contribution in [3.63, 3.8) is 0 Å². The van der Waals surface area contributed by atoms with Gasteiger partial charge in [0.15, 0.2) is 5.65 Å². The van der Waals surface area contributed by atoms with E-state index in [2.05, 4.69) is 6.92 Å². The summed E-state index contributed by atoms with van der Waals surface area (Å²) < 4.78 is 46.9. The first-order chi connectivity index (χ1) is 16.4. The average Bonchev–Trinajstić information content (AvgIpc) is 3.20. The minimum absolute atomic E-state index is 0.0122. The fraction of sp³-hybridized carbons (Fsp3) is 0.731. The quantitative estimate of drug-likeness (QED) is 0.485. The monoisotopic (exact) mass is 494 g/mol. The predicted molar refractivity (Wildman–Crippen MR) is 128 cm³/mol. The Kier molecular flexibility index (Phi) is 7.08. The molecule has 3 heterocycles. The van der Waals surface area contributed by atoms with E-state index < -0.39 is 17.7 Å². The van der Waals surface area contributed by atoms with Gasteiger partial charge in [-0.1, -0.05) is 6.92 Å². The normalized spacial score (nSPS) is 24.1. The molecule has 2 aromatic rings. The number of aryl methyl sites for hydroxylation is 1. The van der Waals surface area contributed by atoms with E-state index in [-0.39, 0.29) is 30.8 Å². The smallest absolute Gasteiger partial charge is 0.410 e. The van der Waals surface area contributed by atoms with Crippen molar-refractivity contribution in [2.24, 2.45) is 5.92 Å². The van der Waals surface area contributed by atoms with Crippen molar-refractivity contribution in [2.45, 2.75) is 103 Å². The zero-order valence-electron chi connectivity index (χ0n) is 21.4. The summed E-state index contributed by atoms with van der Waals surface area (Å²) in [6, 6.07) is 1.95. The minimum atomic E-state index is -4.12. The highest BCUT2D eigenvalue weighted by Gasteiger charge is 2.42. The van der Waals surface area contributed by atoms with Crippen LogP contribution in [0.25, 0.3) is 5.65 Å². The zero-order chi connectivity index (χ0) is 25.5. The molecule has 1 aliphatic heterocycles. The third-order valence-electron chi connectivity index (χ3n) is 7.39. The fourth-order valence-corrected chi connectivity index (χ4v) is 5.66. The van der Waals surface area contributed by atoms with Crippen LogP contribution in [-0.2, 0) is 11.2 Å². The Morgan fingerprint density at radius 3 is 2.40 bits per heavy atom. The van der Waals surface area contributed by atoms with Crippen LogP contribution in [-0.4, -0.2) is 50.5 Å². The topological polar surface area (TPSA) is 59.7 Å². The molecule has 0 N–H and O–H groups in total. The maximum absolute atomic E-state index is 13.1. The molecule has 0 aromatic carbocycles. The van der Waals surface area contributed by atoms with Gasteiger partial charge in [-0.15, -0.1) is 0 Å². The number of hydrogen-bond acceptors (Lipinski definition) is 4. The van der Waals surface area contributed by atoms with Crippen LogP contribution < -0.4 is 0 Å². The van der Waals surface area contributed by atoms with E-state index in [1.54, 1.807) is 4.90 Å². The molecule has 2 aromatic heterocycles. The van der Waals surface area contributed by atoms with Gasteiger partial charge in [0.05, 0.1) is 17.3 Å². The van der Waals surface area contributed by atoms with E-state index in [0.29, 0.717) is 25.9 Å². The van der Waals surface area contributed by atoms with Crippen molar-refractivity contribution in [2.75, 3.05) is 13.1 Å². The summed E-state index contributed by atoms with van der Waals surface area (Å²) in [5, 5.41) is 4.92. The van der Waals surface area contributed by atoms with Gasteiger partial charge in [0, 0.05) is 36.7 Å². The number of ether oxygens (including phenoxy) is 1. The van der Waals surface area contributed by atoms with Crippen molar-refractivity contribution in [1.82, 2.24) is 19.5 Å². The van der Waals surface area contributed by atoms with E-state index in [4.69, 9.17) is 14.8 Å².